The number of carbonyl (C=O) groups is 1. The second-order valence-electron chi connectivity index (χ2n) is 4.44. The van der Waals surface area contributed by atoms with Crippen LogP contribution in [-0.4, -0.2) is 42.2 Å². The minimum Gasteiger partial charge on any atom is -0.339 e. The highest BCUT2D eigenvalue weighted by atomic mass is 35.5. The number of halogens is 2. The molecule has 1 N–H and O–H groups in total. The van der Waals surface area contributed by atoms with Crippen LogP contribution < -0.4 is 5.32 Å². The number of nitrogens with one attached hydrogen (secondary N) is 1. The van der Waals surface area contributed by atoms with E-state index in [0.29, 0.717) is 11.8 Å². The fourth-order valence-electron chi connectivity index (χ4n) is 1.93. The summed E-state index contributed by atoms with van der Waals surface area (Å²) in [5, 5.41) is 4.06. The standard InChI is InChI=1S/C13H17ClN2OS.ClH/c1-10-8-16(7-6-15-10)13(17)9-18-12-4-2-11(14)3-5-12;/h2-5,10,15H,6-9H2,1H3;1H. The lowest BCUT2D eigenvalue weighted by Gasteiger charge is -2.31. The second kappa shape index (κ2) is 8.00. The van der Waals surface area contributed by atoms with Crippen LogP contribution in [0, 0.1) is 0 Å². The fourth-order valence-corrected chi connectivity index (χ4v) is 2.85. The van der Waals surface area contributed by atoms with Crippen molar-refractivity contribution < 1.29 is 4.79 Å². The van der Waals surface area contributed by atoms with Gasteiger partial charge in [-0.1, -0.05) is 11.6 Å². The van der Waals surface area contributed by atoms with E-state index in [-0.39, 0.29) is 18.3 Å². The predicted octanol–water partition coefficient (Wildman–Crippen LogP) is 2.67. The van der Waals surface area contributed by atoms with Gasteiger partial charge in [0.1, 0.15) is 0 Å². The summed E-state index contributed by atoms with van der Waals surface area (Å²) in [6.07, 6.45) is 0. The summed E-state index contributed by atoms with van der Waals surface area (Å²) in [5.74, 6) is 0.706. The van der Waals surface area contributed by atoms with Crippen LogP contribution in [-0.2, 0) is 4.79 Å². The van der Waals surface area contributed by atoms with Crippen molar-refractivity contribution in [3.05, 3.63) is 29.3 Å². The quantitative estimate of drug-likeness (QED) is 0.869. The van der Waals surface area contributed by atoms with Gasteiger partial charge in [0.25, 0.3) is 0 Å². The SMILES string of the molecule is CC1CN(C(=O)CSc2ccc(Cl)cc2)CCN1.Cl. The van der Waals surface area contributed by atoms with Crippen LogP contribution in [0.2, 0.25) is 5.02 Å². The number of piperazine rings is 1. The van der Waals surface area contributed by atoms with E-state index in [4.69, 9.17) is 11.6 Å². The van der Waals surface area contributed by atoms with E-state index in [1.807, 2.05) is 29.2 Å². The Kier molecular flexibility index (Phi) is 7.00. The molecule has 1 aromatic carbocycles. The minimum absolute atomic E-state index is 0. The maximum Gasteiger partial charge on any atom is 0.233 e. The Labute approximate surface area is 129 Å². The van der Waals surface area contributed by atoms with Gasteiger partial charge in [-0.05, 0) is 31.2 Å². The van der Waals surface area contributed by atoms with Gasteiger partial charge >= 0.3 is 0 Å². The third-order valence-corrected chi connectivity index (χ3v) is 4.15. The van der Waals surface area contributed by atoms with E-state index in [2.05, 4.69) is 12.2 Å². The van der Waals surface area contributed by atoms with Gasteiger partial charge in [0.05, 0.1) is 5.75 Å². The summed E-state index contributed by atoms with van der Waals surface area (Å²) in [4.78, 5) is 15.0. The summed E-state index contributed by atoms with van der Waals surface area (Å²) in [6, 6.07) is 7.98. The molecule has 0 spiro atoms. The number of hydrogen-bond donors (Lipinski definition) is 1. The normalized spacial score (nSPS) is 18.8. The number of thioether (sulfide) groups is 1. The van der Waals surface area contributed by atoms with Crippen molar-refractivity contribution in [3.63, 3.8) is 0 Å². The Morgan fingerprint density at radius 2 is 2.16 bits per heavy atom. The van der Waals surface area contributed by atoms with Gasteiger partial charge < -0.3 is 10.2 Å². The first-order valence-corrected chi connectivity index (χ1v) is 7.41. The maximum absolute atomic E-state index is 12.0. The first-order valence-electron chi connectivity index (χ1n) is 6.04. The Morgan fingerprint density at radius 3 is 2.79 bits per heavy atom. The number of hydrogen-bond acceptors (Lipinski definition) is 3. The van der Waals surface area contributed by atoms with Crippen LogP contribution in [0.1, 0.15) is 6.92 Å². The average Bonchev–Trinajstić information content (AvgIpc) is 2.38. The highest BCUT2D eigenvalue weighted by Gasteiger charge is 2.20. The number of nitrogens with zero attached hydrogens (tertiary/aromatic N) is 1. The number of rotatable bonds is 3. The molecule has 1 saturated heterocycles. The molecule has 1 aliphatic heterocycles. The van der Waals surface area contributed by atoms with Crippen molar-refractivity contribution in [2.75, 3.05) is 25.4 Å². The van der Waals surface area contributed by atoms with Gasteiger partial charge in [0.15, 0.2) is 0 Å². The Hall–Kier alpha value is -0.420. The van der Waals surface area contributed by atoms with Gasteiger partial charge in [-0.3, -0.25) is 4.79 Å². The molecule has 6 heteroatoms. The van der Waals surface area contributed by atoms with Crippen molar-refractivity contribution in [3.8, 4) is 0 Å². The predicted molar refractivity (Wildman–Crippen MR) is 83.5 cm³/mol. The van der Waals surface area contributed by atoms with E-state index in [1.54, 1.807) is 11.8 Å². The van der Waals surface area contributed by atoms with E-state index < -0.39 is 0 Å². The minimum atomic E-state index is 0. The number of benzene rings is 1. The lowest BCUT2D eigenvalue weighted by Crippen LogP contribution is -2.51. The van der Waals surface area contributed by atoms with E-state index in [9.17, 15) is 4.79 Å². The molecular weight excluding hydrogens is 303 g/mol. The third-order valence-electron chi connectivity index (χ3n) is 2.90. The summed E-state index contributed by atoms with van der Waals surface area (Å²) < 4.78 is 0. The molecule has 0 bridgehead atoms. The summed E-state index contributed by atoms with van der Waals surface area (Å²) in [5.41, 5.74) is 0. The van der Waals surface area contributed by atoms with Crippen molar-refractivity contribution >= 4 is 41.7 Å². The second-order valence-corrected chi connectivity index (χ2v) is 5.92. The first-order chi connectivity index (χ1) is 8.65. The van der Waals surface area contributed by atoms with Crippen LogP contribution in [0.3, 0.4) is 0 Å². The highest BCUT2D eigenvalue weighted by Crippen LogP contribution is 2.20. The Balaban J connectivity index is 0.00000180. The van der Waals surface area contributed by atoms with Gasteiger partial charge in [-0.15, -0.1) is 24.2 Å². The number of amides is 1. The Bertz CT molecular complexity index is 414. The zero-order valence-electron chi connectivity index (χ0n) is 10.8. The van der Waals surface area contributed by atoms with Gasteiger partial charge in [0, 0.05) is 35.6 Å². The molecule has 1 heterocycles. The lowest BCUT2D eigenvalue weighted by atomic mass is 10.2. The molecule has 1 fully saturated rings. The molecule has 1 atom stereocenters. The molecular formula is C13H18Cl2N2OS. The average molecular weight is 321 g/mol. The highest BCUT2D eigenvalue weighted by molar-refractivity contribution is 8.00. The molecule has 2 rings (SSSR count). The van der Waals surface area contributed by atoms with E-state index >= 15 is 0 Å². The smallest absolute Gasteiger partial charge is 0.233 e. The molecule has 1 unspecified atom stereocenters. The molecule has 1 aromatic rings. The zero-order valence-corrected chi connectivity index (χ0v) is 13.2. The van der Waals surface area contributed by atoms with Crippen LogP contribution in [0.25, 0.3) is 0 Å². The summed E-state index contributed by atoms with van der Waals surface area (Å²) >= 11 is 7.38. The van der Waals surface area contributed by atoms with Gasteiger partial charge in [-0.2, -0.15) is 0 Å². The van der Waals surface area contributed by atoms with Crippen LogP contribution in [0.4, 0.5) is 0 Å². The Morgan fingerprint density at radius 1 is 1.47 bits per heavy atom. The molecule has 0 aromatic heterocycles. The van der Waals surface area contributed by atoms with Gasteiger partial charge in [-0.25, -0.2) is 0 Å². The van der Waals surface area contributed by atoms with Crippen molar-refractivity contribution in [2.24, 2.45) is 0 Å². The molecule has 1 amide bonds. The van der Waals surface area contributed by atoms with Crippen molar-refractivity contribution in [1.82, 2.24) is 10.2 Å². The lowest BCUT2D eigenvalue weighted by molar-refractivity contribution is -0.129. The van der Waals surface area contributed by atoms with E-state index in [1.165, 1.54) is 0 Å². The van der Waals surface area contributed by atoms with Crippen LogP contribution in [0.15, 0.2) is 29.2 Å². The van der Waals surface area contributed by atoms with E-state index in [0.717, 1.165) is 29.6 Å². The fraction of sp³-hybridized carbons (Fsp3) is 0.462. The van der Waals surface area contributed by atoms with Crippen LogP contribution in [0.5, 0.6) is 0 Å². The summed E-state index contributed by atoms with van der Waals surface area (Å²) in [7, 11) is 0. The molecule has 3 nitrogen and oxygen atoms in total. The molecule has 0 saturated carbocycles. The monoisotopic (exact) mass is 320 g/mol. The number of carbonyl (C=O) groups excluding carboxylic acids is 1. The third kappa shape index (κ3) is 5.22. The topological polar surface area (TPSA) is 32.3 Å². The van der Waals surface area contributed by atoms with Crippen LogP contribution >= 0.6 is 35.8 Å². The molecule has 1 aliphatic rings. The molecule has 0 radical (unpaired) electrons. The van der Waals surface area contributed by atoms with Crippen molar-refractivity contribution in [1.29, 1.82) is 0 Å². The molecule has 106 valence electrons. The summed E-state index contributed by atoms with van der Waals surface area (Å²) in [6.45, 7) is 4.61. The zero-order chi connectivity index (χ0) is 13.0. The van der Waals surface area contributed by atoms with Crippen molar-refractivity contribution in [2.45, 2.75) is 17.9 Å². The largest absolute Gasteiger partial charge is 0.339 e. The molecule has 0 aliphatic carbocycles. The molecule has 19 heavy (non-hydrogen) atoms. The maximum atomic E-state index is 12.0. The van der Waals surface area contributed by atoms with Gasteiger partial charge in [0.2, 0.25) is 5.91 Å². The first kappa shape index (κ1) is 16.6.